The maximum atomic E-state index is 13.2. The molecule has 0 fully saturated rings. The molecule has 1 heterocycles. The average Bonchev–Trinajstić information content (AvgIpc) is 3.01. The van der Waals surface area contributed by atoms with Gasteiger partial charge in [-0.3, -0.25) is 4.79 Å². The first-order valence-corrected chi connectivity index (χ1v) is 8.40. The van der Waals surface area contributed by atoms with Crippen molar-refractivity contribution in [2.24, 2.45) is 0 Å². The number of hydrogen-bond donors (Lipinski definition) is 1. The van der Waals surface area contributed by atoms with Crippen LogP contribution in [0, 0.1) is 5.82 Å². The van der Waals surface area contributed by atoms with Crippen LogP contribution in [0.1, 0.15) is 12.5 Å². The van der Waals surface area contributed by atoms with Crippen LogP contribution in [0.5, 0.6) is 5.88 Å². The SMILES string of the molecule is C[C@H](Oc1nn(-c2ccccc2)cc1Cl)C(=O)NCc1cccc(F)c1. The van der Waals surface area contributed by atoms with E-state index in [1.54, 1.807) is 29.9 Å². The van der Waals surface area contributed by atoms with Gasteiger partial charge in [-0.2, -0.15) is 0 Å². The van der Waals surface area contributed by atoms with Gasteiger partial charge >= 0.3 is 0 Å². The highest BCUT2D eigenvalue weighted by molar-refractivity contribution is 6.31. The topological polar surface area (TPSA) is 56.2 Å². The van der Waals surface area contributed by atoms with E-state index in [1.807, 2.05) is 30.3 Å². The number of carbonyl (C=O) groups is 1. The van der Waals surface area contributed by atoms with E-state index < -0.39 is 6.10 Å². The molecule has 0 aliphatic heterocycles. The zero-order valence-electron chi connectivity index (χ0n) is 14.0. The Morgan fingerprint density at radius 1 is 1.27 bits per heavy atom. The number of rotatable bonds is 6. The van der Waals surface area contributed by atoms with Crippen LogP contribution in [0.3, 0.4) is 0 Å². The summed E-state index contributed by atoms with van der Waals surface area (Å²) >= 11 is 6.15. The normalized spacial score (nSPS) is 11.8. The maximum Gasteiger partial charge on any atom is 0.261 e. The van der Waals surface area contributed by atoms with Crippen molar-refractivity contribution in [3.8, 4) is 11.6 Å². The molecule has 0 saturated carbocycles. The van der Waals surface area contributed by atoms with E-state index in [0.29, 0.717) is 10.6 Å². The van der Waals surface area contributed by atoms with Gasteiger partial charge in [-0.15, -0.1) is 5.10 Å². The van der Waals surface area contributed by atoms with Crippen LogP contribution in [-0.4, -0.2) is 21.8 Å². The average molecular weight is 374 g/mol. The van der Waals surface area contributed by atoms with Gasteiger partial charge in [0.1, 0.15) is 10.8 Å². The smallest absolute Gasteiger partial charge is 0.261 e. The van der Waals surface area contributed by atoms with E-state index in [4.69, 9.17) is 16.3 Å². The van der Waals surface area contributed by atoms with Gasteiger partial charge < -0.3 is 10.1 Å². The number of carbonyl (C=O) groups excluding carboxylic acids is 1. The predicted octanol–water partition coefficient (Wildman–Crippen LogP) is 3.75. The highest BCUT2D eigenvalue weighted by atomic mass is 35.5. The Hall–Kier alpha value is -2.86. The lowest BCUT2D eigenvalue weighted by atomic mass is 10.2. The number of nitrogens with one attached hydrogen (secondary N) is 1. The third kappa shape index (κ3) is 4.40. The van der Waals surface area contributed by atoms with E-state index in [0.717, 1.165) is 5.69 Å². The fraction of sp³-hybridized carbons (Fsp3) is 0.158. The zero-order valence-corrected chi connectivity index (χ0v) is 14.8. The molecule has 0 spiro atoms. The van der Waals surface area contributed by atoms with Crippen LogP contribution < -0.4 is 10.1 Å². The summed E-state index contributed by atoms with van der Waals surface area (Å²) in [6.07, 6.45) is 0.809. The summed E-state index contributed by atoms with van der Waals surface area (Å²) in [5.41, 5.74) is 1.49. The Morgan fingerprint density at radius 3 is 2.77 bits per heavy atom. The van der Waals surface area contributed by atoms with Crippen LogP contribution in [0.2, 0.25) is 5.02 Å². The van der Waals surface area contributed by atoms with Gasteiger partial charge in [-0.25, -0.2) is 9.07 Å². The highest BCUT2D eigenvalue weighted by Gasteiger charge is 2.18. The molecule has 134 valence electrons. The van der Waals surface area contributed by atoms with Crippen molar-refractivity contribution in [1.29, 1.82) is 0 Å². The van der Waals surface area contributed by atoms with E-state index >= 15 is 0 Å². The monoisotopic (exact) mass is 373 g/mol. The molecule has 1 amide bonds. The third-order valence-corrected chi connectivity index (χ3v) is 3.93. The van der Waals surface area contributed by atoms with E-state index in [9.17, 15) is 9.18 Å². The third-order valence-electron chi connectivity index (χ3n) is 3.67. The van der Waals surface area contributed by atoms with Gasteiger partial charge in [0.25, 0.3) is 11.8 Å². The molecule has 3 rings (SSSR count). The summed E-state index contributed by atoms with van der Waals surface area (Å²) in [6, 6.07) is 15.5. The van der Waals surface area contributed by atoms with E-state index in [1.165, 1.54) is 12.1 Å². The molecule has 1 aromatic heterocycles. The largest absolute Gasteiger partial charge is 0.462 e. The Bertz CT molecular complexity index is 899. The molecule has 3 aromatic rings. The van der Waals surface area contributed by atoms with Crippen LogP contribution in [0.25, 0.3) is 5.69 Å². The molecule has 2 aromatic carbocycles. The van der Waals surface area contributed by atoms with Crippen LogP contribution in [-0.2, 0) is 11.3 Å². The molecular formula is C19H17ClFN3O2. The van der Waals surface area contributed by atoms with E-state index in [2.05, 4.69) is 10.4 Å². The van der Waals surface area contributed by atoms with Gasteiger partial charge in [-0.05, 0) is 36.8 Å². The van der Waals surface area contributed by atoms with Crippen molar-refractivity contribution in [3.63, 3.8) is 0 Å². The number of hydrogen-bond acceptors (Lipinski definition) is 3. The van der Waals surface area contributed by atoms with E-state index in [-0.39, 0.29) is 24.1 Å². The minimum Gasteiger partial charge on any atom is -0.462 e. The number of nitrogens with zero attached hydrogens (tertiary/aromatic N) is 2. The van der Waals surface area contributed by atoms with Crippen molar-refractivity contribution in [2.75, 3.05) is 0 Å². The van der Waals surface area contributed by atoms with Gasteiger partial charge in [-0.1, -0.05) is 41.9 Å². The minimum atomic E-state index is -0.805. The summed E-state index contributed by atoms with van der Waals surface area (Å²) in [7, 11) is 0. The van der Waals surface area contributed by atoms with Crippen molar-refractivity contribution in [2.45, 2.75) is 19.6 Å². The molecule has 0 saturated heterocycles. The standard InChI is InChI=1S/C19H17ClFN3O2/c1-13(18(25)22-11-14-6-5-7-15(21)10-14)26-19-17(20)12-24(23-19)16-8-3-2-4-9-16/h2-10,12-13H,11H2,1H3,(H,22,25)/t13-/m0/s1. The summed E-state index contributed by atoms with van der Waals surface area (Å²) in [4.78, 5) is 12.2. The minimum absolute atomic E-state index is 0.170. The Labute approximate surface area is 155 Å². The summed E-state index contributed by atoms with van der Waals surface area (Å²) in [6.45, 7) is 1.80. The molecule has 5 nitrogen and oxygen atoms in total. The molecule has 0 bridgehead atoms. The van der Waals surface area contributed by atoms with Gasteiger partial charge in [0.05, 0.1) is 11.9 Å². The first kappa shape index (κ1) is 17.9. The molecule has 0 aliphatic rings. The lowest BCUT2D eigenvalue weighted by Gasteiger charge is -2.13. The summed E-state index contributed by atoms with van der Waals surface area (Å²) in [5, 5.41) is 7.27. The van der Waals surface area contributed by atoms with Gasteiger partial charge in [0.15, 0.2) is 6.10 Å². The number of aromatic nitrogens is 2. The maximum absolute atomic E-state index is 13.2. The number of para-hydroxylation sites is 1. The second kappa shape index (κ2) is 8.01. The van der Waals surface area contributed by atoms with Crippen molar-refractivity contribution in [1.82, 2.24) is 15.1 Å². The molecule has 26 heavy (non-hydrogen) atoms. The Balaban J connectivity index is 1.61. The Morgan fingerprint density at radius 2 is 2.04 bits per heavy atom. The van der Waals surface area contributed by atoms with Crippen LogP contribution in [0.4, 0.5) is 4.39 Å². The molecule has 0 aliphatic carbocycles. The second-order valence-corrected chi connectivity index (χ2v) is 6.08. The molecule has 7 heteroatoms. The number of benzene rings is 2. The van der Waals surface area contributed by atoms with Gasteiger partial charge in [0, 0.05) is 6.54 Å². The number of ether oxygens (including phenoxy) is 1. The second-order valence-electron chi connectivity index (χ2n) is 5.67. The van der Waals surface area contributed by atoms with Crippen molar-refractivity contribution < 1.29 is 13.9 Å². The number of halogens is 2. The van der Waals surface area contributed by atoms with Crippen molar-refractivity contribution in [3.05, 3.63) is 77.2 Å². The fourth-order valence-electron chi connectivity index (χ4n) is 2.33. The first-order chi connectivity index (χ1) is 12.5. The molecule has 1 N–H and O–H groups in total. The predicted molar refractivity (Wildman–Crippen MR) is 96.9 cm³/mol. The molecular weight excluding hydrogens is 357 g/mol. The van der Waals surface area contributed by atoms with Crippen molar-refractivity contribution >= 4 is 17.5 Å². The lowest BCUT2D eigenvalue weighted by Crippen LogP contribution is -2.36. The quantitative estimate of drug-likeness (QED) is 0.716. The van der Waals surface area contributed by atoms with Crippen LogP contribution >= 0.6 is 11.6 Å². The fourth-order valence-corrected chi connectivity index (χ4v) is 2.51. The molecule has 0 unspecified atom stereocenters. The number of amides is 1. The summed E-state index contributed by atoms with van der Waals surface area (Å²) in [5.74, 6) is -0.525. The highest BCUT2D eigenvalue weighted by Crippen LogP contribution is 2.25. The zero-order chi connectivity index (χ0) is 18.5. The Kier molecular flexibility index (Phi) is 5.53. The molecule has 0 radical (unpaired) electrons. The van der Waals surface area contributed by atoms with Crippen LogP contribution in [0.15, 0.2) is 60.8 Å². The summed E-state index contributed by atoms with van der Waals surface area (Å²) < 4.78 is 20.3. The van der Waals surface area contributed by atoms with Gasteiger partial charge in [0.2, 0.25) is 0 Å². The lowest BCUT2D eigenvalue weighted by molar-refractivity contribution is -0.127. The molecule has 1 atom stereocenters. The first-order valence-electron chi connectivity index (χ1n) is 8.02.